The average Bonchev–Trinajstić information content (AvgIpc) is 2.86. The summed E-state index contributed by atoms with van der Waals surface area (Å²) in [6.45, 7) is 4.98. The second-order valence-electron chi connectivity index (χ2n) is 4.55. The molecule has 100 valence electrons. The molecule has 0 radical (unpaired) electrons. The first-order valence-corrected chi connectivity index (χ1v) is 6.73. The Morgan fingerprint density at radius 3 is 2.58 bits per heavy atom. The summed E-state index contributed by atoms with van der Waals surface area (Å²) in [5, 5.41) is 4.13. The number of rotatable bonds is 6. The summed E-state index contributed by atoms with van der Waals surface area (Å²) in [5.41, 5.74) is 1.98. The zero-order valence-corrected chi connectivity index (χ0v) is 11.5. The van der Waals surface area contributed by atoms with Crippen LogP contribution in [0.15, 0.2) is 30.6 Å². The lowest BCUT2D eigenvalue weighted by Crippen LogP contribution is -2.11. The van der Waals surface area contributed by atoms with Crippen molar-refractivity contribution in [1.82, 2.24) is 14.8 Å². The molecule has 0 saturated carbocycles. The fourth-order valence-electron chi connectivity index (χ4n) is 2.00. The summed E-state index contributed by atoms with van der Waals surface area (Å²) >= 11 is 0. The second-order valence-corrected chi connectivity index (χ2v) is 4.55. The summed E-state index contributed by atoms with van der Waals surface area (Å²) < 4.78 is 1.80. The van der Waals surface area contributed by atoms with Crippen molar-refractivity contribution in [2.45, 2.75) is 39.7 Å². The maximum atomic E-state index is 12.2. The Hall–Kier alpha value is -1.97. The van der Waals surface area contributed by atoms with Crippen LogP contribution in [-0.2, 0) is 19.4 Å². The number of hydrogen-bond donors (Lipinski definition) is 0. The van der Waals surface area contributed by atoms with Crippen LogP contribution < -0.4 is 0 Å². The number of ketones is 1. The number of carbonyl (C=O) groups is 1. The van der Waals surface area contributed by atoms with Gasteiger partial charge < -0.3 is 0 Å². The van der Waals surface area contributed by atoms with Crippen molar-refractivity contribution in [1.29, 1.82) is 0 Å². The first-order valence-electron chi connectivity index (χ1n) is 6.73. The maximum Gasteiger partial charge on any atom is 0.170 e. The van der Waals surface area contributed by atoms with Crippen LogP contribution in [0.2, 0.25) is 0 Å². The summed E-state index contributed by atoms with van der Waals surface area (Å²) in [5.74, 6) is 0.833. The van der Waals surface area contributed by atoms with E-state index in [-0.39, 0.29) is 5.78 Å². The average molecular weight is 257 g/mol. The molecule has 0 unspecified atom stereocenters. The molecule has 0 spiro atoms. The highest BCUT2D eigenvalue weighted by Gasteiger charge is 2.11. The van der Waals surface area contributed by atoms with E-state index in [1.807, 2.05) is 24.3 Å². The van der Waals surface area contributed by atoms with Gasteiger partial charge in [-0.2, -0.15) is 5.10 Å². The molecule has 0 saturated heterocycles. The summed E-state index contributed by atoms with van der Waals surface area (Å²) in [4.78, 5) is 16.4. The smallest absolute Gasteiger partial charge is 0.170 e. The molecule has 0 aliphatic carbocycles. The van der Waals surface area contributed by atoms with Crippen molar-refractivity contribution >= 4 is 5.78 Å². The fourth-order valence-corrected chi connectivity index (χ4v) is 2.00. The molecule has 0 N–H and O–H groups in total. The maximum absolute atomic E-state index is 12.2. The molecule has 2 rings (SSSR count). The van der Waals surface area contributed by atoms with E-state index in [2.05, 4.69) is 23.9 Å². The van der Waals surface area contributed by atoms with Gasteiger partial charge in [0.05, 0.1) is 6.42 Å². The van der Waals surface area contributed by atoms with Crippen molar-refractivity contribution in [3.63, 3.8) is 0 Å². The van der Waals surface area contributed by atoms with E-state index in [1.54, 1.807) is 4.68 Å². The Balaban J connectivity index is 2.09. The number of hydrogen-bond acceptors (Lipinski definition) is 3. The van der Waals surface area contributed by atoms with Crippen molar-refractivity contribution in [2.75, 3.05) is 0 Å². The molecule has 0 aliphatic rings. The van der Waals surface area contributed by atoms with Crippen molar-refractivity contribution < 1.29 is 4.79 Å². The highest BCUT2D eigenvalue weighted by molar-refractivity contribution is 5.97. The Kier molecular flexibility index (Phi) is 4.44. The fraction of sp³-hybridized carbons (Fsp3) is 0.400. The third-order valence-corrected chi connectivity index (χ3v) is 3.13. The molecule has 1 heterocycles. The molecule has 19 heavy (non-hydrogen) atoms. The molecule has 0 aliphatic heterocycles. The largest absolute Gasteiger partial charge is 0.294 e. The van der Waals surface area contributed by atoms with E-state index in [0.717, 1.165) is 30.8 Å². The van der Waals surface area contributed by atoms with Crippen LogP contribution in [0, 0.1) is 0 Å². The minimum atomic E-state index is 0.0907. The van der Waals surface area contributed by atoms with Crippen molar-refractivity contribution in [3.8, 4) is 0 Å². The van der Waals surface area contributed by atoms with Crippen molar-refractivity contribution in [3.05, 3.63) is 47.5 Å². The summed E-state index contributed by atoms with van der Waals surface area (Å²) in [7, 11) is 0. The lowest BCUT2D eigenvalue weighted by atomic mass is 10.0. The third kappa shape index (κ3) is 3.28. The van der Waals surface area contributed by atoms with Crippen LogP contribution >= 0.6 is 0 Å². The van der Waals surface area contributed by atoms with Crippen LogP contribution in [0.5, 0.6) is 0 Å². The minimum absolute atomic E-state index is 0.0907. The molecular weight excluding hydrogens is 238 g/mol. The van der Waals surface area contributed by atoms with Gasteiger partial charge in [-0.25, -0.2) is 9.67 Å². The summed E-state index contributed by atoms with van der Waals surface area (Å²) in [6, 6.07) is 7.79. The predicted octanol–water partition coefficient (Wildman–Crippen LogP) is 2.68. The van der Waals surface area contributed by atoms with Gasteiger partial charge in [-0.1, -0.05) is 38.1 Å². The number of Topliss-reactive ketones (excluding diaryl/α,β-unsaturated/α-hetero) is 1. The molecule has 0 bridgehead atoms. The summed E-state index contributed by atoms with van der Waals surface area (Å²) in [6.07, 6.45) is 3.79. The lowest BCUT2D eigenvalue weighted by Gasteiger charge is -2.04. The van der Waals surface area contributed by atoms with Crippen LogP contribution in [0.1, 0.15) is 42.0 Å². The van der Waals surface area contributed by atoms with Gasteiger partial charge >= 0.3 is 0 Å². The Morgan fingerprint density at radius 2 is 1.95 bits per heavy atom. The Labute approximate surface area is 113 Å². The van der Waals surface area contributed by atoms with Crippen LogP contribution in [0.4, 0.5) is 0 Å². The Bertz CT molecular complexity index is 543. The number of aromatic nitrogens is 3. The molecule has 0 fully saturated rings. The molecule has 1 aromatic heterocycles. The van der Waals surface area contributed by atoms with Gasteiger partial charge in [0.2, 0.25) is 0 Å². The van der Waals surface area contributed by atoms with Gasteiger partial charge in [-0.15, -0.1) is 0 Å². The zero-order chi connectivity index (χ0) is 13.7. The van der Waals surface area contributed by atoms with Gasteiger partial charge in [0.1, 0.15) is 12.2 Å². The van der Waals surface area contributed by atoms with Crippen LogP contribution in [0.3, 0.4) is 0 Å². The van der Waals surface area contributed by atoms with Gasteiger partial charge in [0.15, 0.2) is 5.78 Å². The number of nitrogens with zero attached hydrogens (tertiary/aromatic N) is 3. The molecule has 1 aromatic carbocycles. The first-order chi connectivity index (χ1) is 9.24. The monoisotopic (exact) mass is 257 g/mol. The molecule has 4 heteroatoms. The van der Waals surface area contributed by atoms with E-state index in [4.69, 9.17) is 0 Å². The molecule has 4 nitrogen and oxygen atoms in total. The molecule has 0 amide bonds. The van der Waals surface area contributed by atoms with Gasteiger partial charge in [0, 0.05) is 12.1 Å². The van der Waals surface area contributed by atoms with Gasteiger partial charge in [-0.3, -0.25) is 4.79 Å². The quantitative estimate of drug-likeness (QED) is 0.747. The topological polar surface area (TPSA) is 47.8 Å². The third-order valence-electron chi connectivity index (χ3n) is 3.13. The first kappa shape index (κ1) is 13.5. The lowest BCUT2D eigenvalue weighted by molar-refractivity contribution is 0.0989. The van der Waals surface area contributed by atoms with Crippen molar-refractivity contribution in [2.24, 2.45) is 0 Å². The van der Waals surface area contributed by atoms with E-state index in [9.17, 15) is 4.79 Å². The van der Waals surface area contributed by atoms with Gasteiger partial charge in [0.25, 0.3) is 0 Å². The highest BCUT2D eigenvalue weighted by Crippen LogP contribution is 2.09. The number of carbonyl (C=O) groups excluding carboxylic acids is 1. The van der Waals surface area contributed by atoms with Gasteiger partial charge in [-0.05, 0) is 18.4 Å². The molecule has 2 aromatic rings. The number of benzene rings is 1. The predicted molar refractivity (Wildman–Crippen MR) is 74.2 cm³/mol. The molecular formula is C15H19N3O. The SMILES string of the molecule is CCCn1ncnc1CC(=O)c1ccc(CC)cc1. The van der Waals surface area contributed by atoms with E-state index in [0.29, 0.717) is 6.42 Å². The normalized spacial score (nSPS) is 10.6. The van der Waals surface area contributed by atoms with Crippen LogP contribution in [0.25, 0.3) is 0 Å². The number of aryl methyl sites for hydroxylation is 2. The van der Waals surface area contributed by atoms with E-state index >= 15 is 0 Å². The standard InChI is InChI=1S/C15H19N3O/c1-3-9-18-15(16-11-17-18)10-14(19)13-7-5-12(4-2)6-8-13/h5-8,11H,3-4,9-10H2,1-2H3. The Morgan fingerprint density at radius 1 is 1.21 bits per heavy atom. The van der Waals surface area contributed by atoms with E-state index in [1.165, 1.54) is 11.9 Å². The highest BCUT2D eigenvalue weighted by atomic mass is 16.1. The van der Waals surface area contributed by atoms with Crippen LogP contribution in [-0.4, -0.2) is 20.5 Å². The van der Waals surface area contributed by atoms with E-state index < -0.39 is 0 Å². The zero-order valence-electron chi connectivity index (χ0n) is 11.5. The minimum Gasteiger partial charge on any atom is -0.294 e. The second kappa shape index (κ2) is 6.27. The molecule has 0 atom stereocenters.